The summed E-state index contributed by atoms with van der Waals surface area (Å²) in [5.74, 6) is -0.718. The molecule has 1 rings (SSSR count). The van der Waals surface area contributed by atoms with Gasteiger partial charge in [-0.25, -0.2) is 9.69 Å². The molecule has 0 aliphatic heterocycles. The molecule has 0 aromatic heterocycles. The van der Waals surface area contributed by atoms with Crippen molar-refractivity contribution in [2.45, 2.75) is 13.8 Å². The van der Waals surface area contributed by atoms with Crippen molar-refractivity contribution in [2.24, 2.45) is 0 Å². The lowest BCUT2D eigenvalue weighted by Crippen LogP contribution is -2.36. The molecule has 9 heteroatoms. The molecule has 0 bridgehead atoms. The maximum absolute atomic E-state index is 11.8. The lowest BCUT2D eigenvalue weighted by Gasteiger charge is -2.18. The number of carbonyl (C=O) groups is 2. The van der Waals surface area contributed by atoms with Crippen LogP contribution in [0.3, 0.4) is 0 Å². The number of nitro benzene ring substituents is 1. The van der Waals surface area contributed by atoms with Gasteiger partial charge >= 0.3 is 6.09 Å². The van der Waals surface area contributed by atoms with Crippen LogP contribution in [0, 0.1) is 10.1 Å². The molecule has 0 heterocycles. The van der Waals surface area contributed by atoms with Crippen LogP contribution >= 0.6 is 27.5 Å². The monoisotopic (exact) mass is 364 g/mol. The Morgan fingerprint density at radius 2 is 2.10 bits per heavy atom. The number of ether oxygens (including phenoxy) is 1. The third kappa shape index (κ3) is 3.45. The van der Waals surface area contributed by atoms with Crippen LogP contribution in [0.2, 0.25) is 5.02 Å². The van der Waals surface area contributed by atoms with Crippen LogP contribution in [-0.4, -0.2) is 23.5 Å². The van der Waals surface area contributed by atoms with Crippen LogP contribution in [0.1, 0.15) is 13.8 Å². The maximum atomic E-state index is 11.8. The van der Waals surface area contributed by atoms with Crippen molar-refractivity contribution in [3.63, 3.8) is 0 Å². The Labute approximate surface area is 127 Å². The number of imide groups is 1. The van der Waals surface area contributed by atoms with Crippen molar-refractivity contribution in [1.82, 2.24) is 0 Å². The molecule has 0 aliphatic rings. The van der Waals surface area contributed by atoms with Crippen molar-refractivity contribution in [3.05, 3.63) is 31.7 Å². The van der Waals surface area contributed by atoms with Crippen LogP contribution in [0.5, 0.6) is 0 Å². The predicted octanol–water partition coefficient (Wildman–Crippen LogP) is 3.52. The average molecular weight is 366 g/mol. The SMILES string of the molecule is CCOC(=O)N(C(C)=O)c1cc(Cl)c(Br)cc1[N+](=O)[O-]. The zero-order chi connectivity index (χ0) is 15.4. The lowest BCUT2D eigenvalue weighted by atomic mass is 10.2. The Kier molecular flexibility index (Phi) is 5.46. The highest BCUT2D eigenvalue weighted by Crippen LogP contribution is 2.36. The van der Waals surface area contributed by atoms with Gasteiger partial charge in [0, 0.05) is 17.5 Å². The summed E-state index contributed by atoms with van der Waals surface area (Å²) in [7, 11) is 0. The van der Waals surface area contributed by atoms with E-state index in [1.807, 2.05) is 0 Å². The summed E-state index contributed by atoms with van der Waals surface area (Å²) in [4.78, 5) is 34.2. The average Bonchev–Trinajstić information content (AvgIpc) is 2.33. The van der Waals surface area contributed by atoms with Gasteiger partial charge in [0.05, 0.1) is 16.6 Å². The second-order valence-corrected chi connectivity index (χ2v) is 4.83. The number of nitrogens with zero attached hydrogens (tertiary/aromatic N) is 2. The van der Waals surface area contributed by atoms with Gasteiger partial charge in [-0.1, -0.05) is 11.6 Å². The largest absolute Gasteiger partial charge is 0.449 e. The van der Waals surface area contributed by atoms with E-state index >= 15 is 0 Å². The molecule has 2 amide bonds. The van der Waals surface area contributed by atoms with Gasteiger partial charge in [0.2, 0.25) is 5.91 Å². The minimum Gasteiger partial charge on any atom is -0.449 e. The number of carbonyl (C=O) groups excluding carboxylic acids is 2. The second-order valence-electron chi connectivity index (χ2n) is 3.57. The summed E-state index contributed by atoms with van der Waals surface area (Å²) < 4.78 is 4.99. The van der Waals surface area contributed by atoms with Crippen molar-refractivity contribution < 1.29 is 19.2 Å². The number of hydrogen-bond acceptors (Lipinski definition) is 5. The molecule has 0 saturated carbocycles. The molecular weight excluding hydrogens is 355 g/mol. The maximum Gasteiger partial charge on any atom is 0.421 e. The van der Waals surface area contributed by atoms with E-state index in [1.165, 1.54) is 0 Å². The molecule has 7 nitrogen and oxygen atoms in total. The van der Waals surface area contributed by atoms with Crippen molar-refractivity contribution >= 4 is 50.9 Å². The minimum atomic E-state index is -0.999. The van der Waals surface area contributed by atoms with Crippen LogP contribution < -0.4 is 4.90 Å². The minimum absolute atomic E-state index is 0.0284. The molecule has 1 aromatic rings. The van der Waals surface area contributed by atoms with Crippen molar-refractivity contribution in [2.75, 3.05) is 11.5 Å². The van der Waals surface area contributed by atoms with Crippen molar-refractivity contribution in [3.8, 4) is 0 Å². The first-order chi connectivity index (χ1) is 9.29. The van der Waals surface area contributed by atoms with E-state index in [2.05, 4.69) is 15.9 Å². The third-order valence-electron chi connectivity index (χ3n) is 2.22. The van der Waals surface area contributed by atoms with Crippen molar-refractivity contribution in [1.29, 1.82) is 0 Å². The van der Waals surface area contributed by atoms with Gasteiger partial charge in [-0.3, -0.25) is 14.9 Å². The van der Waals surface area contributed by atoms with Gasteiger partial charge in [-0.05, 0) is 28.9 Å². The van der Waals surface area contributed by atoms with Crippen LogP contribution in [-0.2, 0) is 9.53 Å². The number of nitro groups is 1. The van der Waals surface area contributed by atoms with Crippen LogP contribution in [0.15, 0.2) is 16.6 Å². The number of anilines is 1. The molecule has 0 fully saturated rings. The summed E-state index contributed by atoms with van der Waals surface area (Å²) in [6, 6.07) is 2.27. The quantitative estimate of drug-likeness (QED) is 0.604. The molecule has 108 valence electrons. The summed E-state index contributed by atoms with van der Waals surface area (Å²) in [6.45, 7) is 2.68. The topological polar surface area (TPSA) is 89.8 Å². The lowest BCUT2D eigenvalue weighted by molar-refractivity contribution is -0.384. The Morgan fingerprint density at radius 3 is 2.55 bits per heavy atom. The van der Waals surface area contributed by atoms with Gasteiger partial charge in [-0.2, -0.15) is 0 Å². The predicted molar refractivity (Wildman–Crippen MR) is 76.0 cm³/mol. The van der Waals surface area contributed by atoms with E-state index in [1.54, 1.807) is 6.92 Å². The van der Waals surface area contributed by atoms with E-state index in [0.717, 1.165) is 19.1 Å². The van der Waals surface area contributed by atoms with Gasteiger partial charge in [0.15, 0.2) is 0 Å². The van der Waals surface area contributed by atoms with Crippen LogP contribution in [0.4, 0.5) is 16.2 Å². The summed E-state index contributed by atoms with van der Waals surface area (Å²) >= 11 is 8.91. The zero-order valence-electron chi connectivity index (χ0n) is 10.6. The van der Waals surface area contributed by atoms with Gasteiger partial charge in [0.1, 0.15) is 5.69 Å². The second kappa shape index (κ2) is 6.67. The third-order valence-corrected chi connectivity index (χ3v) is 3.42. The fourth-order valence-corrected chi connectivity index (χ4v) is 1.92. The normalized spacial score (nSPS) is 10.0. The van der Waals surface area contributed by atoms with Crippen LogP contribution in [0.25, 0.3) is 0 Å². The summed E-state index contributed by atoms with van der Waals surface area (Å²) in [5.41, 5.74) is -0.682. The molecule has 1 aromatic carbocycles. The van der Waals surface area contributed by atoms with E-state index in [-0.39, 0.29) is 21.8 Å². The fraction of sp³-hybridized carbons (Fsp3) is 0.273. The highest BCUT2D eigenvalue weighted by Gasteiger charge is 2.30. The molecule has 0 aliphatic carbocycles. The first-order valence-electron chi connectivity index (χ1n) is 5.40. The zero-order valence-corrected chi connectivity index (χ0v) is 12.9. The molecule has 0 radical (unpaired) electrons. The molecular formula is C11H10BrClN2O5. The highest BCUT2D eigenvalue weighted by atomic mass is 79.9. The Balaban J connectivity index is 3.47. The standard InChI is InChI=1S/C11H10BrClN2O5/c1-3-20-11(17)14(6(2)16)9-5-8(13)7(12)4-10(9)15(18)19/h4-5H,3H2,1-2H3. The van der Waals surface area contributed by atoms with Gasteiger partial charge in [0.25, 0.3) is 5.69 Å². The summed E-state index contributed by atoms with van der Waals surface area (Å²) in [5, 5.41) is 11.2. The Morgan fingerprint density at radius 1 is 1.50 bits per heavy atom. The summed E-state index contributed by atoms with van der Waals surface area (Å²) in [6.07, 6.45) is -0.999. The van der Waals surface area contributed by atoms with E-state index in [4.69, 9.17) is 16.3 Å². The highest BCUT2D eigenvalue weighted by molar-refractivity contribution is 9.10. The first-order valence-corrected chi connectivity index (χ1v) is 6.57. The molecule has 0 spiro atoms. The number of halogens is 2. The molecule has 0 saturated heterocycles. The molecule has 0 atom stereocenters. The fourth-order valence-electron chi connectivity index (χ4n) is 1.44. The van der Waals surface area contributed by atoms with E-state index < -0.39 is 22.6 Å². The number of amides is 2. The molecule has 0 unspecified atom stereocenters. The smallest absolute Gasteiger partial charge is 0.421 e. The first kappa shape index (κ1) is 16.4. The number of rotatable bonds is 3. The van der Waals surface area contributed by atoms with E-state index in [0.29, 0.717) is 4.90 Å². The Bertz CT molecular complexity index is 578. The number of benzene rings is 1. The molecule has 20 heavy (non-hydrogen) atoms. The number of hydrogen-bond donors (Lipinski definition) is 0. The van der Waals surface area contributed by atoms with E-state index in [9.17, 15) is 19.7 Å². The molecule has 0 N–H and O–H groups in total. The van der Waals surface area contributed by atoms with Gasteiger partial charge < -0.3 is 4.74 Å². The van der Waals surface area contributed by atoms with Gasteiger partial charge in [-0.15, -0.1) is 0 Å². The Hall–Kier alpha value is -1.67.